The average molecular weight is 484 g/mol. The SMILES string of the molecule is CCCn1cc(C=C2SC(=O)N(CC(=O)Nc3ccc(OC)c(Cl)c3)C2=O)c2ccccc21. The molecular formula is C24H22ClN3O4S. The van der Waals surface area contributed by atoms with E-state index < -0.39 is 17.1 Å². The van der Waals surface area contributed by atoms with Crippen molar-refractivity contribution in [3.63, 3.8) is 0 Å². The number of methoxy groups -OCH3 is 1. The molecule has 0 saturated carbocycles. The largest absolute Gasteiger partial charge is 0.495 e. The summed E-state index contributed by atoms with van der Waals surface area (Å²) in [5, 5.41) is 3.52. The molecule has 0 radical (unpaired) electrons. The van der Waals surface area contributed by atoms with E-state index in [1.165, 1.54) is 13.2 Å². The van der Waals surface area contributed by atoms with Crippen LogP contribution in [-0.4, -0.2) is 40.2 Å². The van der Waals surface area contributed by atoms with Gasteiger partial charge in [0.2, 0.25) is 5.91 Å². The van der Waals surface area contributed by atoms with E-state index in [2.05, 4.69) is 16.8 Å². The molecule has 3 aromatic rings. The van der Waals surface area contributed by atoms with Crippen molar-refractivity contribution in [3.05, 3.63) is 64.2 Å². The van der Waals surface area contributed by atoms with Gasteiger partial charge in [-0.15, -0.1) is 0 Å². The number of rotatable bonds is 7. The fourth-order valence-electron chi connectivity index (χ4n) is 3.68. The number of aromatic nitrogens is 1. The van der Waals surface area contributed by atoms with E-state index in [1.807, 2.05) is 30.5 Å². The van der Waals surface area contributed by atoms with Crippen LogP contribution in [0.25, 0.3) is 17.0 Å². The van der Waals surface area contributed by atoms with Gasteiger partial charge in [-0.05, 0) is 48.5 Å². The minimum absolute atomic E-state index is 0.291. The molecule has 4 rings (SSSR count). The Hall–Kier alpha value is -3.23. The van der Waals surface area contributed by atoms with Crippen molar-refractivity contribution < 1.29 is 19.1 Å². The van der Waals surface area contributed by atoms with E-state index in [1.54, 1.807) is 18.2 Å². The van der Waals surface area contributed by atoms with Crippen LogP contribution >= 0.6 is 23.4 Å². The Morgan fingerprint density at radius 3 is 2.73 bits per heavy atom. The molecule has 1 aliphatic heterocycles. The Kier molecular flexibility index (Phi) is 6.76. The van der Waals surface area contributed by atoms with Crippen LogP contribution in [0.3, 0.4) is 0 Å². The number of benzene rings is 2. The van der Waals surface area contributed by atoms with Crippen LogP contribution in [0.15, 0.2) is 53.6 Å². The van der Waals surface area contributed by atoms with Gasteiger partial charge in [-0.1, -0.05) is 36.7 Å². The molecule has 2 heterocycles. The monoisotopic (exact) mass is 483 g/mol. The van der Waals surface area contributed by atoms with Gasteiger partial charge in [-0.3, -0.25) is 19.3 Å². The van der Waals surface area contributed by atoms with E-state index in [0.29, 0.717) is 21.4 Å². The van der Waals surface area contributed by atoms with Crippen LogP contribution < -0.4 is 10.1 Å². The molecule has 33 heavy (non-hydrogen) atoms. The topological polar surface area (TPSA) is 80.6 Å². The summed E-state index contributed by atoms with van der Waals surface area (Å²) in [6, 6.07) is 12.7. The van der Waals surface area contributed by atoms with Crippen molar-refractivity contribution in [2.45, 2.75) is 19.9 Å². The third-order valence-electron chi connectivity index (χ3n) is 5.18. The van der Waals surface area contributed by atoms with Gasteiger partial charge in [-0.2, -0.15) is 0 Å². The number of para-hydroxylation sites is 1. The molecule has 170 valence electrons. The minimum Gasteiger partial charge on any atom is -0.495 e. The van der Waals surface area contributed by atoms with Crippen LogP contribution in [0.1, 0.15) is 18.9 Å². The summed E-state index contributed by atoms with van der Waals surface area (Å²) < 4.78 is 7.23. The van der Waals surface area contributed by atoms with Gasteiger partial charge in [0.25, 0.3) is 11.1 Å². The van der Waals surface area contributed by atoms with E-state index in [9.17, 15) is 14.4 Å². The number of nitrogens with zero attached hydrogens (tertiary/aromatic N) is 2. The highest BCUT2D eigenvalue weighted by atomic mass is 35.5. The second kappa shape index (κ2) is 9.72. The predicted octanol–water partition coefficient (Wildman–Crippen LogP) is 5.39. The van der Waals surface area contributed by atoms with Crippen molar-refractivity contribution >= 4 is 63.1 Å². The van der Waals surface area contributed by atoms with Crippen LogP contribution in [-0.2, 0) is 16.1 Å². The Balaban J connectivity index is 1.51. The Morgan fingerprint density at radius 2 is 2.00 bits per heavy atom. The number of thioether (sulfide) groups is 1. The lowest BCUT2D eigenvalue weighted by atomic mass is 10.1. The van der Waals surface area contributed by atoms with Gasteiger partial charge in [0.05, 0.1) is 17.0 Å². The molecule has 7 nitrogen and oxygen atoms in total. The first-order valence-electron chi connectivity index (χ1n) is 10.4. The molecule has 1 aromatic heterocycles. The molecule has 9 heteroatoms. The summed E-state index contributed by atoms with van der Waals surface area (Å²) in [6.07, 6.45) is 4.69. The van der Waals surface area contributed by atoms with Crippen LogP contribution in [0, 0.1) is 0 Å². The van der Waals surface area contributed by atoms with Crippen molar-refractivity contribution in [2.75, 3.05) is 19.0 Å². The number of halogens is 1. The fraction of sp³-hybridized carbons (Fsp3) is 0.208. The number of anilines is 1. The number of ether oxygens (including phenoxy) is 1. The Bertz CT molecular complexity index is 1280. The lowest BCUT2D eigenvalue weighted by Crippen LogP contribution is -2.36. The van der Waals surface area contributed by atoms with E-state index in [-0.39, 0.29) is 6.54 Å². The summed E-state index contributed by atoms with van der Waals surface area (Å²) in [6.45, 7) is 2.57. The molecular weight excluding hydrogens is 462 g/mol. The van der Waals surface area contributed by atoms with Gasteiger partial charge < -0.3 is 14.6 Å². The molecule has 1 N–H and O–H groups in total. The molecule has 0 bridgehead atoms. The molecule has 0 atom stereocenters. The summed E-state index contributed by atoms with van der Waals surface area (Å²) in [5.74, 6) is -0.509. The number of amides is 3. The molecule has 0 unspecified atom stereocenters. The second-order valence-electron chi connectivity index (χ2n) is 7.46. The van der Waals surface area contributed by atoms with E-state index in [4.69, 9.17) is 16.3 Å². The van der Waals surface area contributed by atoms with Crippen molar-refractivity contribution in [1.29, 1.82) is 0 Å². The maximum Gasteiger partial charge on any atom is 0.294 e. The number of nitrogens with one attached hydrogen (secondary N) is 1. The van der Waals surface area contributed by atoms with Crippen LogP contribution in [0.4, 0.5) is 10.5 Å². The molecule has 1 aliphatic rings. The summed E-state index contributed by atoms with van der Waals surface area (Å²) in [4.78, 5) is 39.1. The van der Waals surface area contributed by atoms with Crippen molar-refractivity contribution in [1.82, 2.24) is 9.47 Å². The fourth-order valence-corrected chi connectivity index (χ4v) is 4.77. The average Bonchev–Trinajstić information content (AvgIpc) is 3.26. The third kappa shape index (κ3) is 4.77. The highest BCUT2D eigenvalue weighted by molar-refractivity contribution is 8.18. The highest BCUT2D eigenvalue weighted by Crippen LogP contribution is 2.34. The third-order valence-corrected chi connectivity index (χ3v) is 6.38. The lowest BCUT2D eigenvalue weighted by molar-refractivity contribution is -0.127. The first-order chi connectivity index (χ1) is 15.9. The minimum atomic E-state index is -0.501. The van der Waals surface area contributed by atoms with E-state index >= 15 is 0 Å². The Labute approximate surface area is 200 Å². The zero-order valence-corrected chi connectivity index (χ0v) is 19.7. The zero-order chi connectivity index (χ0) is 23.5. The number of aryl methyl sites for hydroxylation is 1. The number of hydrogen-bond donors (Lipinski definition) is 1. The van der Waals surface area contributed by atoms with E-state index in [0.717, 1.165) is 46.1 Å². The van der Waals surface area contributed by atoms with Gasteiger partial charge in [0, 0.05) is 34.9 Å². The molecule has 2 aromatic carbocycles. The standard InChI is InChI=1S/C24H22ClN3O4S/c1-3-10-27-13-15(17-6-4-5-7-19(17)27)11-21-23(30)28(24(31)33-21)14-22(29)26-16-8-9-20(32-2)18(25)12-16/h4-9,11-13H,3,10,14H2,1-2H3,(H,26,29). The number of carbonyl (C=O) groups excluding carboxylic acids is 3. The molecule has 3 amide bonds. The van der Waals surface area contributed by atoms with Gasteiger partial charge >= 0.3 is 0 Å². The van der Waals surface area contributed by atoms with Crippen molar-refractivity contribution in [2.24, 2.45) is 0 Å². The number of carbonyl (C=O) groups is 3. The normalized spacial score (nSPS) is 15.0. The summed E-state index contributed by atoms with van der Waals surface area (Å²) in [7, 11) is 1.49. The first kappa shape index (κ1) is 22.9. The summed E-state index contributed by atoms with van der Waals surface area (Å²) in [5.41, 5.74) is 2.38. The Morgan fingerprint density at radius 1 is 1.21 bits per heavy atom. The molecule has 0 spiro atoms. The zero-order valence-electron chi connectivity index (χ0n) is 18.1. The molecule has 0 aliphatic carbocycles. The predicted molar refractivity (Wildman–Crippen MR) is 132 cm³/mol. The smallest absolute Gasteiger partial charge is 0.294 e. The number of hydrogen-bond acceptors (Lipinski definition) is 5. The van der Waals surface area contributed by atoms with Gasteiger partial charge in [0.15, 0.2) is 0 Å². The molecule has 1 saturated heterocycles. The van der Waals surface area contributed by atoms with Crippen molar-refractivity contribution in [3.8, 4) is 5.75 Å². The first-order valence-corrected chi connectivity index (χ1v) is 11.6. The number of imide groups is 1. The summed E-state index contributed by atoms with van der Waals surface area (Å²) >= 11 is 6.92. The highest BCUT2D eigenvalue weighted by Gasteiger charge is 2.36. The van der Waals surface area contributed by atoms with Crippen LogP contribution in [0.2, 0.25) is 5.02 Å². The lowest BCUT2D eigenvalue weighted by Gasteiger charge is -2.13. The van der Waals surface area contributed by atoms with Gasteiger partial charge in [-0.25, -0.2) is 0 Å². The number of fused-ring (bicyclic) bond motifs is 1. The maximum absolute atomic E-state index is 12.9. The van der Waals surface area contributed by atoms with Crippen LogP contribution in [0.5, 0.6) is 5.75 Å². The van der Waals surface area contributed by atoms with Gasteiger partial charge in [0.1, 0.15) is 12.3 Å². The second-order valence-corrected chi connectivity index (χ2v) is 8.86. The molecule has 1 fully saturated rings. The maximum atomic E-state index is 12.9. The quantitative estimate of drug-likeness (QED) is 0.456.